The maximum absolute atomic E-state index is 6.66. The standard InChI is InChI=1S/C26H31ClN4O4/c1-30-10-5-7-18(30)15-34-26-28-22-14-31(11-9-20(22)25(29-26)33-3)23-13-19(35-16-32-2)12-17-6-4-8-21(27)24(17)23/h4,6,8,12-13,18H,5,7,9-11,14-16H2,1-3H3/t18-/m0/s1. The molecule has 1 saturated heterocycles. The molecule has 3 aromatic rings. The lowest BCUT2D eigenvalue weighted by Crippen LogP contribution is -2.33. The van der Waals surface area contributed by atoms with Crippen molar-refractivity contribution in [2.45, 2.75) is 31.8 Å². The molecule has 9 heteroatoms. The monoisotopic (exact) mass is 498 g/mol. The number of ether oxygens (including phenoxy) is 4. The predicted octanol–water partition coefficient (Wildman–Crippen LogP) is 4.31. The van der Waals surface area contributed by atoms with E-state index in [0.29, 0.717) is 36.1 Å². The summed E-state index contributed by atoms with van der Waals surface area (Å²) in [5.41, 5.74) is 2.93. The largest absolute Gasteiger partial charge is 0.481 e. The minimum absolute atomic E-state index is 0.176. The molecule has 186 valence electrons. The summed E-state index contributed by atoms with van der Waals surface area (Å²) in [6.07, 6.45) is 3.07. The van der Waals surface area contributed by atoms with E-state index in [1.165, 1.54) is 6.42 Å². The summed E-state index contributed by atoms with van der Waals surface area (Å²) in [7, 11) is 5.39. The fraction of sp³-hybridized carbons (Fsp3) is 0.462. The molecule has 1 atom stereocenters. The highest BCUT2D eigenvalue weighted by Crippen LogP contribution is 2.39. The Bertz CT molecular complexity index is 1210. The van der Waals surface area contributed by atoms with E-state index in [9.17, 15) is 0 Å². The Morgan fingerprint density at radius 3 is 2.77 bits per heavy atom. The summed E-state index contributed by atoms with van der Waals surface area (Å²) in [6, 6.07) is 10.7. The molecule has 8 nitrogen and oxygen atoms in total. The third-order valence-electron chi connectivity index (χ3n) is 6.84. The van der Waals surface area contributed by atoms with E-state index in [0.717, 1.165) is 59.4 Å². The van der Waals surface area contributed by atoms with Gasteiger partial charge in [-0.05, 0) is 50.4 Å². The second kappa shape index (κ2) is 10.4. The van der Waals surface area contributed by atoms with Crippen molar-refractivity contribution < 1.29 is 18.9 Å². The molecule has 3 heterocycles. The number of nitrogens with zero attached hydrogens (tertiary/aromatic N) is 4. The van der Waals surface area contributed by atoms with Gasteiger partial charge in [0, 0.05) is 36.7 Å². The summed E-state index contributed by atoms with van der Waals surface area (Å²) < 4.78 is 22.6. The lowest BCUT2D eigenvalue weighted by atomic mass is 10.0. The molecular formula is C26H31ClN4O4. The van der Waals surface area contributed by atoms with Crippen LogP contribution in [-0.4, -0.2) is 68.7 Å². The van der Waals surface area contributed by atoms with Gasteiger partial charge in [-0.15, -0.1) is 0 Å². The van der Waals surface area contributed by atoms with Crippen molar-refractivity contribution in [3.8, 4) is 17.6 Å². The first-order chi connectivity index (χ1) is 17.1. The number of halogens is 1. The van der Waals surface area contributed by atoms with Crippen LogP contribution in [0.3, 0.4) is 0 Å². The van der Waals surface area contributed by atoms with Gasteiger partial charge in [0.1, 0.15) is 12.4 Å². The van der Waals surface area contributed by atoms with Crippen molar-refractivity contribution in [1.29, 1.82) is 0 Å². The number of aromatic nitrogens is 2. The first-order valence-electron chi connectivity index (χ1n) is 11.9. The first kappa shape index (κ1) is 23.9. The van der Waals surface area contributed by atoms with Crippen LogP contribution >= 0.6 is 11.6 Å². The summed E-state index contributed by atoms with van der Waals surface area (Å²) in [6.45, 7) is 3.20. The van der Waals surface area contributed by atoms with Gasteiger partial charge in [-0.3, -0.25) is 0 Å². The van der Waals surface area contributed by atoms with Crippen molar-refractivity contribution in [3.05, 3.63) is 46.6 Å². The van der Waals surface area contributed by atoms with Crippen molar-refractivity contribution in [3.63, 3.8) is 0 Å². The molecule has 0 bridgehead atoms. The van der Waals surface area contributed by atoms with E-state index in [4.69, 9.17) is 35.5 Å². The van der Waals surface area contributed by atoms with Crippen LogP contribution in [0.25, 0.3) is 10.8 Å². The predicted molar refractivity (Wildman–Crippen MR) is 136 cm³/mol. The minimum atomic E-state index is 0.176. The second-order valence-electron chi connectivity index (χ2n) is 9.03. The molecule has 1 aromatic heterocycles. The SMILES string of the molecule is COCOc1cc(N2CCc3c(nc(OC[C@@H]4CCCN4C)nc3OC)C2)c2c(Cl)cccc2c1. The van der Waals surface area contributed by atoms with E-state index in [1.54, 1.807) is 14.2 Å². The lowest BCUT2D eigenvalue weighted by molar-refractivity contribution is 0.0512. The van der Waals surface area contributed by atoms with Crippen LogP contribution in [0.4, 0.5) is 5.69 Å². The Morgan fingerprint density at radius 1 is 1.11 bits per heavy atom. The highest BCUT2D eigenvalue weighted by Gasteiger charge is 2.27. The molecular weight excluding hydrogens is 468 g/mol. The van der Waals surface area contributed by atoms with Crippen LogP contribution in [-0.2, 0) is 17.7 Å². The summed E-state index contributed by atoms with van der Waals surface area (Å²) in [4.78, 5) is 14.0. The lowest BCUT2D eigenvalue weighted by Gasteiger charge is -2.32. The molecule has 0 spiro atoms. The molecule has 2 aliphatic heterocycles. The van der Waals surface area contributed by atoms with Gasteiger partial charge in [0.05, 0.1) is 30.1 Å². The maximum Gasteiger partial charge on any atom is 0.320 e. The number of anilines is 1. The number of benzene rings is 2. The highest BCUT2D eigenvalue weighted by molar-refractivity contribution is 6.36. The van der Waals surface area contributed by atoms with Gasteiger partial charge in [0.25, 0.3) is 0 Å². The normalized spacial score (nSPS) is 18.1. The molecule has 0 unspecified atom stereocenters. The van der Waals surface area contributed by atoms with Crippen LogP contribution in [0.5, 0.6) is 17.6 Å². The molecule has 0 amide bonds. The average Bonchev–Trinajstić information content (AvgIpc) is 3.29. The second-order valence-corrected chi connectivity index (χ2v) is 9.44. The molecule has 1 fully saturated rings. The number of rotatable bonds is 8. The molecule has 0 N–H and O–H groups in total. The Morgan fingerprint density at radius 2 is 2.00 bits per heavy atom. The van der Waals surface area contributed by atoms with E-state index in [2.05, 4.69) is 21.8 Å². The Labute approximate surface area is 210 Å². The molecule has 0 aliphatic carbocycles. The number of methoxy groups -OCH3 is 2. The van der Waals surface area contributed by atoms with Crippen LogP contribution in [0.2, 0.25) is 5.02 Å². The van der Waals surface area contributed by atoms with Crippen molar-refractivity contribution in [2.75, 3.05) is 52.7 Å². The number of fused-ring (bicyclic) bond motifs is 2. The average molecular weight is 499 g/mol. The smallest absolute Gasteiger partial charge is 0.320 e. The molecule has 0 radical (unpaired) electrons. The fourth-order valence-corrected chi connectivity index (χ4v) is 5.25. The summed E-state index contributed by atoms with van der Waals surface area (Å²) in [5.74, 6) is 1.32. The van der Waals surface area contributed by atoms with Crippen LogP contribution < -0.4 is 19.1 Å². The quantitative estimate of drug-likeness (QED) is 0.425. The molecule has 2 aromatic carbocycles. The maximum atomic E-state index is 6.66. The molecule has 0 saturated carbocycles. The summed E-state index contributed by atoms with van der Waals surface area (Å²) >= 11 is 6.66. The number of likely N-dealkylation sites (tertiary alicyclic amines) is 1. The van der Waals surface area contributed by atoms with E-state index >= 15 is 0 Å². The number of likely N-dealkylation sites (N-methyl/N-ethyl adjacent to an activating group) is 1. The fourth-order valence-electron chi connectivity index (χ4n) is 4.97. The van der Waals surface area contributed by atoms with Gasteiger partial charge < -0.3 is 28.7 Å². The highest BCUT2D eigenvalue weighted by atomic mass is 35.5. The van der Waals surface area contributed by atoms with Gasteiger partial charge in [-0.2, -0.15) is 9.97 Å². The Hall–Kier alpha value is -2.81. The third-order valence-corrected chi connectivity index (χ3v) is 7.15. The van der Waals surface area contributed by atoms with Gasteiger partial charge in [-0.25, -0.2) is 0 Å². The molecule has 5 rings (SSSR count). The minimum Gasteiger partial charge on any atom is -0.481 e. The molecule has 2 aliphatic rings. The van der Waals surface area contributed by atoms with Crippen LogP contribution in [0.1, 0.15) is 24.1 Å². The van der Waals surface area contributed by atoms with Crippen molar-refractivity contribution in [2.24, 2.45) is 0 Å². The Balaban J connectivity index is 1.46. The van der Waals surface area contributed by atoms with Crippen LogP contribution in [0.15, 0.2) is 30.3 Å². The topological polar surface area (TPSA) is 69.2 Å². The van der Waals surface area contributed by atoms with E-state index in [-0.39, 0.29) is 6.79 Å². The van der Waals surface area contributed by atoms with Crippen molar-refractivity contribution >= 4 is 28.1 Å². The zero-order valence-electron chi connectivity index (χ0n) is 20.4. The summed E-state index contributed by atoms with van der Waals surface area (Å²) in [5, 5.41) is 2.70. The zero-order valence-corrected chi connectivity index (χ0v) is 21.2. The number of hydrogen-bond donors (Lipinski definition) is 0. The molecule has 35 heavy (non-hydrogen) atoms. The zero-order chi connectivity index (χ0) is 24.4. The van der Waals surface area contributed by atoms with Gasteiger partial charge in [0.15, 0.2) is 6.79 Å². The number of hydrogen-bond acceptors (Lipinski definition) is 8. The van der Waals surface area contributed by atoms with Gasteiger partial charge >= 0.3 is 6.01 Å². The van der Waals surface area contributed by atoms with Gasteiger partial charge in [0.2, 0.25) is 5.88 Å². The van der Waals surface area contributed by atoms with E-state index in [1.807, 2.05) is 30.3 Å². The van der Waals surface area contributed by atoms with Crippen LogP contribution in [0, 0.1) is 0 Å². The van der Waals surface area contributed by atoms with Gasteiger partial charge in [-0.1, -0.05) is 23.7 Å². The van der Waals surface area contributed by atoms with E-state index < -0.39 is 0 Å². The Kier molecular flexibility index (Phi) is 7.13. The van der Waals surface area contributed by atoms with Crippen molar-refractivity contribution in [1.82, 2.24) is 14.9 Å². The first-order valence-corrected chi connectivity index (χ1v) is 12.3. The third kappa shape index (κ3) is 4.96.